The van der Waals surface area contributed by atoms with Crippen molar-refractivity contribution in [1.82, 2.24) is 15.1 Å². The first-order valence-corrected chi connectivity index (χ1v) is 7.44. The Balaban J connectivity index is 2.33. The van der Waals surface area contributed by atoms with Gasteiger partial charge in [-0.3, -0.25) is 4.90 Å². The standard InChI is InChI=1S/C14H31N3/c1-5-13(15-6-2)11-16-10-9-14(12-16)17(7-3)8-4/h13-15H,5-12H2,1-4H3. The first-order valence-electron chi connectivity index (χ1n) is 7.44. The molecule has 1 fully saturated rings. The van der Waals surface area contributed by atoms with Gasteiger partial charge in [0.05, 0.1) is 0 Å². The highest BCUT2D eigenvalue weighted by atomic mass is 15.3. The predicted octanol–water partition coefficient (Wildman–Crippen LogP) is 1.79. The van der Waals surface area contributed by atoms with E-state index in [-0.39, 0.29) is 0 Å². The molecule has 102 valence electrons. The van der Waals surface area contributed by atoms with Gasteiger partial charge in [0, 0.05) is 25.2 Å². The zero-order chi connectivity index (χ0) is 12.7. The van der Waals surface area contributed by atoms with Gasteiger partial charge in [-0.05, 0) is 39.0 Å². The molecule has 1 aliphatic rings. The van der Waals surface area contributed by atoms with Crippen LogP contribution in [-0.2, 0) is 0 Å². The Hall–Kier alpha value is -0.120. The molecule has 1 saturated heterocycles. The molecule has 0 bridgehead atoms. The van der Waals surface area contributed by atoms with E-state index in [4.69, 9.17) is 0 Å². The van der Waals surface area contributed by atoms with Gasteiger partial charge in [0.15, 0.2) is 0 Å². The fourth-order valence-electron chi connectivity index (χ4n) is 2.95. The van der Waals surface area contributed by atoms with Crippen LogP contribution >= 0.6 is 0 Å². The maximum Gasteiger partial charge on any atom is 0.0235 e. The summed E-state index contributed by atoms with van der Waals surface area (Å²) in [4.78, 5) is 5.24. The molecule has 1 N–H and O–H groups in total. The number of likely N-dealkylation sites (tertiary alicyclic amines) is 1. The summed E-state index contributed by atoms with van der Waals surface area (Å²) in [5.74, 6) is 0. The highest BCUT2D eigenvalue weighted by Gasteiger charge is 2.26. The zero-order valence-electron chi connectivity index (χ0n) is 12.2. The second kappa shape index (κ2) is 8.06. The summed E-state index contributed by atoms with van der Waals surface area (Å²) >= 11 is 0. The Labute approximate surface area is 108 Å². The molecule has 0 aromatic heterocycles. The van der Waals surface area contributed by atoms with Crippen molar-refractivity contribution in [3.8, 4) is 0 Å². The number of hydrogen-bond acceptors (Lipinski definition) is 3. The summed E-state index contributed by atoms with van der Waals surface area (Å²) in [5.41, 5.74) is 0. The number of nitrogens with one attached hydrogen (secondary N) is 1. The maximum absolute atomic E-state index is 3.58. The van der Waals surface area contributed by atoms with Gasteiger partial charge >= 0.3 is 0 Å². The largest absolute Gasteiger partial charge is 0.313 e. The van der Waals surface area contributed by atoms with Crippen molar-refractivity contribution < 1.29 is 0 Å². The SMILES string of the molecule is CCNC(CC)CN1CCC(N(CC)CC)C1. The summed E-state index contributed by atoms with van der Waals surface area (Å²) < 4.78 is 0. The molecule has 0 spiro atoms. The summed E-state index contributed by atoms with van der Waals surface area (Å²) in [6.45, 7) is 16.3. The van der Waals surface area contributed by atoms with Gasteiger partial charge in [0.2, 0.25) is 0 Å². The number of nitrogens with zero attached hydrogens (tertiary/aromatic N) is 2. The minimum absolute atomic E-state index is 0.676. The molecule has 0 saturated carbocycles. The van der Waals surface area contributed by atoms with E-state index in [2.05, 4.69) is 42.8 Å². The van der Waals surface area contributed by atoms with Crippen LogP contribution in [0.4, 0.5) is 0 Å². The Morgan fingerprint density at radius 2 is 1.94 bits per heavy atom. The quantitative estimate of drug-likeness (QED) is 0.699. The van der Waals surface area contributed by atoms with E-state index in [0.717, 1.165) is 12.6 Å². The fraction of sp³-hybridized carbons (Fsp3) is 1.00. The van der Waals surface area contributed by atoms with E-state index in [0.29, 0.717) is 6.04 Å². The van der Waals surface area contributed by atoms with Crippen LogP contribution in [0.3, 0.4) is 0 Å². The fourth-order valence-corrected chi connectivity index (χ4v) is 2.95. The molecule has 3 nitrogen and oxygen atoms in total. The van der Waals surface area contributed by atoms with E-state index in [1.54, 1.807) is 0 Å². The molecule has 0 aromatic carbocycles. The first-order chi connectivity index (χ1) is 8.24. The molecule has 1 heterocycles. The van der Waals surface area contributed by atoms with Gasteiger partial charge in [-0.15, -0.1) is 0 Å². The molecular formula is C14H31N3. The van der Waals surface area contributed by atoms with Crippen LogP contribution in [0.25, 0.3) is 0 Å². The second-order valence-electron chi connectivity index (χ2n) is 5.09. The molecule has 0 amide bonds. The minimum atomic E-state index is 0.676. The van der Waals surface area contributed by atoms with Crippen LogP contribution in [-0.4, -0.2) is 61.2 Å². The predicted molar refractivity (Wildman–Crippen MR) is 75.5 cm³/mol. The van der Waals surface area contributed by atoms with E-state index in [9.17, 15) is 0 Å². The zero-order valence-corrected chi connectivity index (χ0v) is 12.2. The number of likely N-dealkylation sites (N-methyl/N-ethyl adjacent to an activating group) is 2. The van der Waals surface area contributed by atoms with Crippen molar-refractivity contribution in [2.24, 2.45) is 0 Å². The van der Waals surface area contributed by atoms with Crippen LogP contribution in [0.5, 0.6) is 0 Å². The molecule has 0 radical (unpaired) electrons. The third kappa shape index (κ3) is 4.57. The molecule has 2 atom stereocenters. The molecule has 1 rings (SSSR count). The normalized spacial score (nSPS) is 23.5. The van der Waals surface area contributed by atoms with Gasteiger partial charge in [-0.25, -0.2) is 0 Å². The third-order valence-corrected chi connectivity index (χ3v) is 4.04. The Morgan fingerprint density at radius 3 is 2.47 bits per heavy atom. The van der Waals surface area contributed by atoms with E-state index < -0.39 is 0 Å². The molecule has 0 aromatic rings. The van der Waals surface area contributed by atoms with Crippen molar-refractivity contribution in [2.75, 3.05) is 39.3 Å². The molecule has 1 aliphatic heterocycles. The Bertz CT molecular complexity index is 192. The topological polar surface area (TPSA) is 18.5 Å². The monoisotopic (exact) mass is 241 g/mol. The van der Waals surface area contributed by atoms with Gasteiger partial charge in [-0.2, -0.15) is 0 Å². The lowest BCUT2D eigenvalue weighted by atomic mass is 10.2. The smallest absolute Gasteiger partial charge is 0.0235 e. The number of hydrogen-bond donors (Lipinski definition) is 1. The molecular weight excluding hydrogens is 210 g/mol. The lowest BCUT2D eigenvalue weighted by Crippen LogP contribution is -2.42. The summed E-state index contributed by atoms with van der Waals surface area (Å²) in [5, 5.41) is 3.58. The van der Waals surface area contributed by atoms with E-state index >= 15 is 0 Å². The summed E-state index contributed by atoms with van der Waals surface area (Å²) in [6, 6.07) is 1.47. The highest BCUT2D eigenvalue weighted by Crippen LogP contribution is 2.15. The van der Waals surface area contributed by atoms with Gasteiger partial charge in [-0.1, -0.05) is 27.7 Å². The molecule has 3 heteroatoms. The lowest BCUT2D eigenvalue weighted by Gasteiger charge is -2.27. The Kier molecular flexibility index (Phi) is 7.09. The van der Waals surface area contributed by atoms with Crippen LogP contribution in [0.1, 0.15) is 40.5 Å². The molecule has 0 aliphatic carbocycles. The van der Waals surface area contributed by atoms with E-state index in [1.165, 1.54) is 45.6 Å². The van der Waals surface area contributed by atoms with E-state index in [1.807, 2.05) is 0 Å². The van der Waals surface area contributed by atoms with Crippen molar-refractivity contribution in [3.05, 3.63) is 0 Å². The van der Waals surface area contributed by atoms with Crippen LogP contribution in [0.2, 0.25) is 0 Å². The van der Waals surface area contributed by atoms with Crippen molar-refractivity contribution >= 4 is 0 Å². The average Bonchev–Trinajstić information content (AvgIpc) is 2.79. The maximum atomic E-state index is 3.58. The van der Waals surface area contributed by atoms with Crippen LogP contribution in [0, 0.1) is 0 Å². The first kappa shape index (κ1) is 14.9. The van der Waals surface area contributed by atoms with Gasteiger partial charge in [0.25, 0.3) is 0 Å². The summed E-state index contributed by atoms with van der Waals surface area (Å²) in [7, 11) is 0. The van der Waals surface area contributed by atoms with Crippen molar-refractivity contribution in [1.29, 1.82) is 0 Å². The van der Waals surface area contributed by atoms with Gasteiger partial charge in [0.1, 0.15) is 0 Å². The van der Waals surface area contributed by atoms with Gasteiger partial charge < -0.3 is 10.2 Å². The summed E-state index contributed by atoms with van der Waals surface area (Å²) in [6.07, 6.45) is 2.59. The van der Waals surface area contributed by atoms with Crippen molar-refractivity contribution in [3.63, 3.8) is 0 Å². The minimum Gasteiger partial charge on any atom is -0.313 e. The molecule has 2 unspecified atom stereocenters. The lowest BCUT2D eigenvalue weighted by molar-refractivity contribution is 0.204. The van der Waals surface area contributed by atoms with Crippen LogP contribution in [0.15, 0.2) is 0 Å². The highest BCUT2D eigenvalue weighted by molar-refractivity contribution is 4.84. The Morgan fingerprint density at radius 1 is 1.24 bits per heavy atom. The van der Waals surface area contributed by atoms with Crippen molar-refractivity contribution in [2.45, 2.75) is 52.6 Å². The number of rotatable bonds is 8. The second-order valence-corrected chi connectivity index (χ2v) is 5.09. The third-order valence-electron chi connectivity index (χ3n) is 4.04. The molecule has 17 heavy (non-hydrogen) atoms. The average molecular weight is 241 g/mol. The van der Waals surface area contributed by atoms with Crippen LogP contribution < -0.4 is 5.32 Å².